The molecule has 0 bridgehead atoms. The van der Waals surface area contributed by atoms with Crippen molar-refractivity contribution < 1.29 is 14.7 Å². The number of nitrogens with one attached hydrogen (secondary N) is 1. The summed E-state index contributed by atoms with van der Waals surface area (Å²) in [7, 11) is 0. The van der Waals surface area contributed by atoms with Gasteiger partial charge >= 0.3 is 5.97 Å². The van der Waals surface area contributed by atoms with Crippen LogP contribution in [0.15, 0.2) is 35.2 Å². The van der Waals surface area contributed by atoms with E-state index in [2.05, 4.69) is 5.32 Å². The first-order valence-corrected chi connectivity index (χ1v) is 7.54. The van der Waals surface area contributed by atoms with E-state index in [0.29, 0.717) is 6.54 Å². The number of carboxylic acid groups (broad SMARTS) is 1. The van der Waals surface area contributed by atoms with E-state index >= 15 is 0 Å². The van der Waals surface area contributed by atoms with Gasteiger partial charge in [-0.3, -0.25) is 9.59 Å². The molecule has 1 rings (SSSR count). The van der Waals surface area contributed by atoms with Gasteiger partial charge in [-0.1, -0.05) is 32.0 Å². The molecule has 0 radical (unpaired) electrons. The van der Waals surface area contributed by atoms with E-state index < -0.39 is 11.4 Å². The van der Waals surface area contributed by atoms with Crippen molar-refractivity contribution in [1.82, 2.24) is 5.32 Å². The quantitative estimate of drug-likeness (QED) is 0.571. The Kier molecular flexibility index (Phi) is 6.58. The summed E-state index contributed by atoms with van der Waals surface area (Å²) in [5.74, 6) is -0.165. The molecule has 0 saturated carbocycles. The molecule has 1 aromatic carbocycles. The Morgan fingerprint density at radius 3 is 2.45 bits per heavy atom. The summed E-state index contributed by atoms with van der Waals surface area (Å²) in [6, 6.07) is 9.99. The van der Waals surface area contributed by atoms with Gasteiger partial charge in [-0.05, 0) is 17.5 Å². The molecular weight excluding hydrogens is 274 g/mol. The highest BCUT2D eigenvalue weighted by Crippen LogP contribution is 2.24. The number of carboxylic acids is 1. The van der Waals surface area contributed by atoms with Gasteiger partial charge in [0.2, 0.25) is 5.91 Å². The molecule has 0 saturated heterocycles. The van der Waals surface area contributed by atoms with Gasteiger partial charge in [0.25, 0.3) is 0 Å². The minimum Gasteiger partial charge on any atom is -0.481 e. The van der Waals surface area contributed by atoms with Gasteiger partial charge in [0.1, 0.15) is 0 Å². The van der Waals surface area contributed by atoms with Crippen LogP contribution in [0.3, 0.4) is 0 Å². The number of rotatable bonds is 8. The van der Waals surface area contributed by atoms with Crippen molar-refractivity contribution in [2.75, 3.05) is 12.3 Å². The predicted molar refractivity (Wildman–Crippen MR) is 80.8 cm³/mol. The third kappa shape index (κ3) is 7.19. The molecule has 1 amide bonds. The zero-order chi connectivity index (χ0) is 15.0. The standard InChI is InChI=1S/C15H21NO3S/c1-15(2,11-14(18)19)10-13(17)16-8-9-20-12-6-4-3-5-7-12/h3-7H,8-11H2,1-2H3,(H,16,17)(H,18,19). The molecule has 0 aliphatic carbocycles. The number of benzene rings is 1. The second-order valence-electron chi connectivity index (χ2n) is 5.42. The fourth-order valence-electron chi connectivity index (χ4n) is 1.85. The first kappa shape index (κ1) is 16.6. The van der Waals surface area contributed by atoms with E-state index in [1.165, 1.54) is 4.90 Å². The van der Waals surface area contributed by atoms with Gasteiger partial charge in [0.15, 0.2) is 0 Å². The van der Waals surface area contributed by atoms with Crippen LogP contribution >= 0.6 is 11.8 Å². The number of hydrogen-bond donors (Lipinski definition) is 2. The van der Waals surface area contributed by atoms with E-state index in [1.54, 1.807) is 25.6 Å². The Morgan fingerprint density at radius 1 is 1.20 bits per heavy atom. The average Bonchev–Trinajstić information content (AvgIpc) is 2.33. The van der Waals surface area contributed by atoms with Gasteiger partial charge < -0.3 is 10.4 Å². The SMILES string of the molecule is CC(C)(CC(=O)O)CC(=O)NCCSc1ccccc1. The Balaban J connectivity index is 2.22. The van der Waals surface area contributed by atoms with Crippen molar-refractivity contribution in [2.24, 2.45) is 5.41 Å². The maximum atomic E-state index is 11.7. The highest BCUT2D eigenvalue weighted by atomic mass is 32.2. The Labute approximate surface area is 124 Å². The van der Waals surface area contributed by atoms with Crippen LogP contribution in [0.5, 0.6) is 0 Å². The average molecular weight is 295 g/mol. The third-order valence-electron chi connectivity index (χ3n) is 2.71. The van der Waals surface area contributed by atoms with E-state index in [1.807, 2.05) is 30.3 Å². The normalized spacial score (nSPS) is 11.1. The van der Waals surface area contributed by atoms with E-state index in [-0.39, 0.29) is 18.7 Å². The molecule has 4 nitrogen and oxygen atoms in total. The lowest BCUT2D eigenvalue weighted by Crippen LogP contribution is -2.31. The summed E-state index contributed by atoms with van der Waals surface area (Å²) in [5, 5.41) is 11.6. The van der Waals surface area contributed by atoms with Crippen LogP contribution < -0.4 is 5.32 Å². The fraction of sp³-hybridized carbons (Fsp3) is 0.467. The zero-order valence-corrected chi connectivity index (χ0v) is 12.7. The molecule has 1 aromatic rings. The molecule has 20 heavy (non-hydrogen) atoms. The second kappa shape index (κ2) is 7.94. The minimum atomic E-state index is -0.873. The van der Waals surface area contributed by atoms with Crippen LogP contribution in [0.4, 0.5) is 0 Å². The molecule has 0 fully saturated rings. The summed E-state index contributed by atoms with van der Waals surface area (Å²) in [4.78, 5) is 23.6. The van der Waals surface area contributed by atoms with Gasteiger partial charge in [-0.15, -0.1) is 11.8 Å². The van der Waals surface area contributed by atoms with Crippen molar-refractivity contribution in [3.63, 3.8) is 0 Å². The summed E-state index contributed by atoms with van der Waals surface area (Å²) < 4.78 is 0. The van der Waals surface area contributed by atoms with Crippen LogP contribution in [0.25, 0.3) is 0 Å². The first-order valence-electron chi connectivity index (χ1n) is 6.55. The monoisotopic (exact) mass is 295 g/mol. The topological polar surface area (TPSA) is 66.4 Å². The van der Waals surface area contributed by atoms with E-state index in [4.69, 9.17) is 5.11 Å². The van der Waals surface area contributed by atoms with Gasteiger partial charge in [-0.2, -0.15) is 0 Å². The lowest BCUT2D eigenvalue weighted by molar-refractivity contribution is -0.139. The summed E-state index contributed by atoms with van der Waals surface area (Å²) in [6.45, 7) is 4.17. The minimum absolute atomic E-state index is 0.000808. The molecule has 0 aromatic heterocycles. The number of aliphatic carboxylic acids is 1. The number of carbonyl (C=O) groups excluding carboxylic acids is 1. The lowest BCUT2D eigenvalue weighted by atomic mass is 9.85. The Morgan fingerprint density at radius 2 is 1.85 bits per heavy atom. The van der Waals surface area contributed by atoms with Gasteiger partial charge in [0, 0.05) is 23.6 Å². The maximum Gasteiger partial charge on any atom is 0.303 e. The van der Waals surface area contributed by atoms with Crippen LogP contribution in [-0.4, -0.2) is 29.3 Å². The van der Waals surface area contributed by atoms with Crippen molar-refractivity contribution in [3.05, 3.63) is 30.3 Å². The molecule has 0 unspecified atom stereocenters. The molecule has 5 heteroatoms. The number of amides is 1. The molecule has 0 aliphatic heterocycles. The van der Waals surface area contributed by atoms with Crippen LogP contribution in [-0.2, 0) is 9.59 Å². The molecule has 0 heterocycles. The van der Waals surface area contributed by atoms with Crippen LogP contribution in [0.1, 0.15) is 26.7 Å². The van der Waals surface area contributed by atoms with Crippen molar-refractivity contribution in [1.29, 1.82) is 0 Å². The van der Waals surface area contributed by atoms with E-state index in [0.717, 1.165) is 5.75 Å². The van der Waals surface area contributed by atoms with Crippen LogP contribution in [0, 0.1) is 5.41 Å². The summed E-state index contributed by atoms with van der Waals surface area (Å²) in [5.41, 5.74) is -0.511. The highest BCUT2D eigenvalue weighted by molar-refractivity contribution is 7.99. The molecular formula is C15H21NO3S. The fourth-order valence-corrected chi connectivity index (χ4v) is 2.63. The Bertz CT molecular complexity index is 446. The van der Waals surface area contributed by atoms with E-state index in [9.17, 15) is 9.59 Å². The largest absolute Gasteiger partial charge is 0.481 e. The molecule has 2 N–H and O–H groups in total. The number of carbonyl (C=O) groups is 2. The maximum absolute atomic E-state index is 11.7. The number of hydrogen-bond acceptors (Lipinski definition) is 3. The highest BCUT2D eigenvalue weighted by Gasteiger charge is 2.24. The van der Waals surface area contributed by atoms with Gasteiger partial charge in [0.05, 0.1) is 6.42 Å². The lowest BCUT2D eigenvalue weighted by Gasteiger charge is -2.21. The zero-order valence-electron chi connectivity index (χ0n) is 11.9. The molecule has 0 aliphatic rings. The number of thioether (sulfide) groups is 1. The van der Waals surface area contributed by atoms with Crippen molar-refractivity contribution in [2.45, 2.75) is 31.6 Å². The van der Waals surface area contributed by atoms with Crippen molar-refractivity contribution >= 4 is 23.6 Å². The summed E-state index contributed by atoms with van der Waals surface area (Å²) >= 11 is 1.68. The van der Waals surface area contributed by atoms with Crippen molar-refractivity contribution in [3.8, 4) is 0 Å². The Hall–Kier alpha value is -1.49. The predicted octanol–water partition coefficient (Wildman–Crippen LogP) is 2.79. The summed E-state index contributed by atoms with van der Waals surface area (Å²) in [6.07, 6.45) is 0.231. The second-order valence-corrected chi connectivity index (χ2v) is 6.59. The molecule has 110 valence electrons. The van der Waals surface area contributed by atoms with Crippen LogP contribution in [0.2, 0.25) is 0 Å². The molecule has 0 spiro atoms. The third-order valence-corrected chi connectivity index (χ3v) is 3.72. The molecule has 0 atom stereocenters. The smallest absolute Gasteiger partial charge is 0.303 e. The first-order chi connectivity index (χ1) is 9.39. The van der Waals surface area contributed by atoms with Gasteiger partial charge in [-0.25, -0.2) is 0 Å².